The van der Waals surface area contributed by atoms with Crippen molar-refractivity contribution < 1.29 is 27.5 Å². The predicted molar refractivity (Wildman–Crippen MR) is 103 cm³/mol. The van der Waals surface area contributed by atoms with Crippen LogP contribution in [0.2, 0.25) is 5.02 Å². The second-order valence-electron chi connectivity index (χ2n) is 6.70. The van der Waals surface area contributed by atoms with Crippen LogP contribution in [0.4, 0.5) is 13.2 Å². The third-order valence-corrected chi connectivity index (χ3v) is 5.78. The number of alkyl halides is 3. The van der Waals surface area contributed by atoms with E-state index in [0.29, 0.717) is 19.5 Å². The first-order chi connectivity index (χ1) is 13.7. The third kappa shape index (κ3) is 5.09. The molecule has 1 aromatic heterocycles. The molecular formula is C19H18ClF3N2O3S. The summed E-state index contributed by atoms with van der Waals surface area (Å²) in [7, 11) is 1.29. The number of amides is 1. The Kier molecular flexibility index (Phi) is 6.50. The maximum absolute atomic E-state index is 12.9. The second kappa shape index (κ2) is 8.73. The summed E-state index contributed by atoms with van der Waals surface area (Å²) in [5, 5.41) is 6.50. The van der Waals surface area contributed by atoms with Gasteiger partial charge in [0.1, 0.15) is 6.04 Å². The van der Waals surface area contributed by atoms with Crippen LogP contribution >= 0.6 is 22.9 Å². The Morgan fingerprint density at radius 2 is 2.10 bits per heavy atom. The molecule has 10 heteroatoms. The number of hydrogen-bond acceptors (Lipinski definition) is 5. The molecule has 2 atom stereocenters. The monoisotopic (exact) mass is 446 g/mol. The molecule has 0 radical (unpaired) electrons. The topological polar surface area (TPSA) is 58.6 Å². The number of methoxy groups -OCH3 is 1. The van der Waals surface area contributed by atoms with Crippen LogP contribution in [0.15, 0.2) is 35.0 Å². The second-order valence-corrected chi connectivity index (χ2v) is 7.89. The molecule has 1 N–H and O–H groups in total. The summed E-state index contributed by atoms with van der Waals surface area (Å²) < 4.78 is 43.7. The number of halogens is 4. The van der Waals surface area contributed by atoms with Gasteiger partial charge in [0, 0.05) is 19.1 Å². The van der Waals surface area contributed by atoms with Crippen LogP contribution in [0.1, 0.15) is 27.9 Å². The molecule has 156 valence electrons. The summed E-state index contributed by atoms with van der Waals surface area (Å²) in [6, 6.07) is 3.55. The smallest absolute Gasteiger partial charge is 0.416 e. The Hall–Kier alpha value is -2.10. The zero-order valence-electron chi connectivity index (χ0n) is 15.3. The van der Waals surface area contributed by atoms with Gasteiger partial charge < -0.3 is 10.1 Å². The number of nitrogens with zero attached hydrogens (tertiary/aromatic N) is 1. The van der Waals surface area contributed by atoms with Crippen molar-refractivity contribution in [3.05, 3.63) is 56.7 Å². The van der Waals surface area contributed by atoms with Crippen LogP contribution in [-0.4, -0.2) is 42.5 Å². The van der Waals surface area contributed by atoms with Crippen LogP contribution in [-0.2, 0) is 22.3 Å². The van der Waals surface area contributed by atoms with Gasteiger partial charge in [-0.1, -0.05) is 11.6 Å². The van der Waals surface area contributed by atoms with Gasteiger partial charge in [-0.2, -0.15) is 24.5 Å². The highest BCUT2D eigenvalue weighted by Gasteiger charge is 2.38. The molecule has 0 unspecified atom stereocenters. The normalized spacial score (nSPS) is 19.9. The molecule has 1 saturated heterocycles. The van der Waals surface area contributed by atoms with Crippen LogP contribution in [0.25, 0.3) is 0 Å². The molecule has 0 aliphatic carbocycles. The van der Waals surface area contributed by atoms with E-state index in [9.17, 15) is 22.8 Å². The standard InChI is InChI=1S/C19H18ClF3N2O3S/c1-28-18(27)16-7-13(9-25(16)8-11-4-5-29-10-11)24-17(26)14-6-12(19(21,22)23)2-3-15(14)20/h2-6,10,13,16H,7-9H2,1H3,(H,24,26)/t13-,16-/m0/s1. The molecule has 1 fully saturated rings. The summed E-state index contributed by atoms with van der Waals surface area (Å²) in [4.78, 5) is 26.6. The van der Waals surface area contributed by atoms with Gasteiger partial charge in [-0.15, -0.1) is 0 Å². The van der Waals surface area contributed by atoms with Gasteiger partial charge >= 0.3 is 12.1 Å². The van der Waals surface area contributed by atoms with Crippen molar-refractivity contribution in [2.75, 3.05) is 13.7 Å². The van der Waals surface area contributed by atoms with Gasteiger partial charge in [-0.05, 0) is 47.0 Å². The number of benzene rings is 1. The Labute approximate surface area is 174 Å². The van der Waals surface area contributed by atoms with E-state index in [1.807, 2.05) is 21.7 Å². The van der Waals surface area contributed by atoms with Crippen molar-refractivity contribution in [3.63, 3.8) is 0 Å². The van der Waals surface area contributed by atoms with Gasteiger partial charge in [0.15, 0.2) is 0 Å². The van der Waals surface area contributed by atoms with Gasteiger partial charge in [-0.3, -0.25) is 14.5 Å². The molecule has 0 spiro atoms. The first kappa shape index (κ1) is 21.6. The Morgan fingerprint density at radius 1 is 1.34 bits per heavy atom. The highest BCUT2D eigenvalue weighted by Crippen LogP contribution is 2.32. The zero-order valence-corrected chi connectivity index (χ0v) is 16.9. The molecule has 1 aliphatic rings. The number of hydrogen-bond donors (Lipinski definition) is 1. The molecule has 1 aromatic carbocycles. The van der Waals surface area contributed by atoms with Crippen LogP contribution in [0.3, 0.4) is 0 Å². The number of thiophene rings is 1. The maximum Gasteiger partial charge on any atom is 0.416 e. The number of esters is 1. The van der Waals surface area contributed by atoms with Gasteiger partial charge in [0.25, 0.3) is 5.91 Å². The lowest BCUT2D eigenvalue weighted by molar-refractivity contribution is -0.146. The van der Waals surface area contributed by atoms with E-state index in [2.05, 4.69) is 5.32 Å². The summed E-state index contributed by atoms with van der Waals surface area (Å²) in [5.41, 5.74) is -0.186. The third-order valence-electron chi connectivity index (χ3n) is 4.72. The van der Waals surface area contributed by atoms with Crippen molar-refractivity contribution >= 4 is 34.8 Å². The highest BCUT2D eigenvalue weighted by atomic mass is 35.5. The lowest BCUT2D eigenvalue weighted by Crippen LogP contribution is -2.37. The van der Waals surface area contributed by atoms with Crippen molar-refractivity contribution in [1.82, 2.24) is 10.2 Å². The summed E-state index contributed by atoms with van der Waals surface area (Å²) >= 11 is 7.47. The summed E-state index contributed by atoms with van der Waals surface area (Å²) in [6.45, 7) is 0.859. The van der Waals surface area contributed by atoms with E-state index >= 15 is 0 Å². The van der Waals surface area contributed by atoms with E-state index in [1.165, 1.54) is 18.4 Å². The van der Waals surface area contributed by atoms with E-state index in [-0.39, 0.29) is 10.6 Å². The summed E-state index contributed by atoms with van der Waals surface area (Å²) in [6.07, 6.45) is -4.29. The molecule has 0 bridgehead atoms. The minimum absolute atomic E-state index is 0.0758. The van der Waals surface area contributed by atoms with Gasteiger partial charge in [-0.25, -0.2) is 0 Å². The molecular weight excluding hydrogens is 429 g/mol. The fraction of sp³-hybridized carbons (Fsp3) is 0.368. The van der Waals surface area contributed by atoms with Crippen LogP contribution in [0.5, 0.6) is 0 Å². The number of nitrogens with one attached hydrogen (secondary N) is 1. The van der Waals surface area contributed by atoms with E-state index in [4.69, 9.17) is 16.3 Å². The zero-order chi connectivity index (χ0) is 21.2. The average Bonchev–Trinajstić information content (AvgIpc) is 3.30. The number of carbonyl (C=O) groups excluding carboxylic acids is 2. The highest BCUT2D eigenvalue weighted by molar-refractivity contribution is 7.07. The largest absolute Gasteiger partial charge is 0.468 e. The molecule has 0 saturated carbocycles. The predicted octanol–water partition coefficient (Wildman–Crippen LogP) is 3.97. The Morgan fingerprint density at radius 3 is 2.72 bits per heavy atom. The van der Waals surface area contributed by atoms with Crippen molar-refractivity contribution in [3.8, 4) is 0 Å². The number of carbonyl (C=O) groups is 2. The molecule has 2 heterocycles. The van der Waals surface area contributed by atoms with Crippen molar-refractivity contribution in [2.24, 2.45) is 0 Å². The average molecular weight is 447 g/mol. The first-order valence-corrected chi connectivity index (χ1v) is 10.0. The molecule has 5 nitrogen and oxygen atoms in total. The first-order valence-electron chi connectivity index (χ1n) is 8.69. The van der Waals surface area contributed by atoms with E-state index in [1.54, 1.807) is 0 Å². The minimum Gasteiger partial charge on any atom is -0.468 e. The fourth-order valence-corrected chi connectivity index (χ4v) is 4.18. The lowest BCUT2D eigenvalue weighted by Gasteiger charge is -2.21. The quantitative estimate of drug-likeness (QED) is 0.706. The Balaban J connectivity index is 1.74. The molecule has 1 aliphatic heterocycles. The minimum atomic E-state index is -4.58. The van der Waals surface area contributed by atoms with Crippen LogP contribution < -0.4 is 5.32 Å². The Bertz CT molecular complexity index is 889. The van der Waals surface area contributed by atoms with Crippen molar-refractivity contribution in [1.29, 1.82) is 0 Å². The molecule has 3 rings (SSSR count). The number of ether oxygens (including phenoxy) is 1. The maximum atomic E-state index is 12.9. The molecule has 1 amide bonds. The summed E-state index contributed by atoms with van der Waals surface area (Å²) in [5.74, 6) is -1.14. The van der Waals surface area contributed by atoms with E-state index in [0.717, 1.165) is 23.8 Å². The van der Waals surface area contributed by atoms with Gasteiger partial charge in [0.05, 0.1) is 23.3 Å². The van der Waals surface area contributed by atoms with Crippen molar-refractivity contribution in [2.45, 2.75) is 31.2 Å². The SMILES string of the molecule is COC(=O)[C@@H]1C[C@H](NC(=O)c2cc(C(F)(F)F)ccc2Cl)CN1Cc1ccsc1. The van der Waals surface area contributed by atoms with Gasteiger partial charge in [0.2, 0.25) is 0 Å². The van der Waals surface area contributed by atoms with Crippen LogP contribution in [0, 0.1) is 0 Å². The molecule has 2 aromatic rings. The number of likely N-dealkylation sites (tertiary alicyclic amines) is 1. The van der Waals surface area contributed by atoms with E-state index < -0.39 is 35.7 Å². The lowest BCUT2D eigenvalue weighted by atomic mass is 10.1. The molecule has 29 heavy (non-hydrogen) atoms. The number of rotatable bonds is 5. The fourth-order valence-electron chi connectivity index (χ4n) is 3.32.